The van der Waals surface area contributed by atoms with Crippen LogP contribution >= 0.6 is 12.4 Å². The zero-order valence-corrected chi connectivity index (χ0v) is 13.7. The first-order chi connectivity index (χ1) is 11.1. The molecule has 1 aromatic carbocycles. The summed E-state index contributed by atoms with van der Waals surface area (Å²) in [5.74, 6) is -0.650. The summed E-state index contributed by atoms with van der Waals surface area (Å²) in [6, 6.07) is 3.85. The van der Waals surface area contributed by atoms with Gasteiger partial charge < -0.3 is 9.84 Å². The van der Waals surface area contributed by atoms with Crippen LogP contribution in [0.15, 0.2) is 23.3 Å². The van der Waals surface area contributed by atoms with Gasteiger partial charge in [0.1, 0.15) is 0 Å². The molecule has 1 amide bonds. The SMILES string of the molecule is Cl.O=C(CCN1CCOCC1)NN=Cc1ccc(O)c([N+](=O)[O-])c1. The number of hydrogen-bond donors (Lipinski definition) is 2. The van der Waals surface area contributed by atoms with Crippen molar-refractivity contribution >= 4 is 30.2 Å². The van der Waals surface area contributed by atoms with Gasteiger partial charge >= 0.3 is 5.69 Å². The van der Waals surface area contributed by atoms with Crippen LogP contribution in [0.4, 0.5) is 5.69 Å². The molecule has 1 saturated heterocycles. The summed E-state index contributed by atoms with van der Waals surface area (Å²) in [6.07, 6.45) is 1.60. The van der Waals surface area contributed by atoms with E-state index < -0.39 is 16.4 Å². The van der Waals surface area contributed by atoms with E-state index in [2.05, 4.69) is 15.4 Å². The number of nitrogens with one attached hydrogen (secondary N) is 1. The van der Waals surface area contributed by atoms with Crippen LogP contribution in [0.2, 0.25) is 0 Å². The van der Waals surface area contributed by atoms with Gasteiger partial charge in [0, 0.05) is 37.7 Å². The summed E-state index contributed by atoms with van der Waals surface area (Å²) in [5, 5.41) is 23.8. The van der Waals surface area contributed by atoms with Crippen molar-refractivity contribution in [1.82, 2.24) is 10.3 Å². The molecule has 0 spiro atoms. The zero-order chi connectivity index (χ0) is 16.7. The number of benzene rings is 1. The highest BCUT2D eigenvalue weighted by atomic mass is 35.5. The molecule has 24 heavy (non-hydrogen) atoms. The van der Waals surface area contributed by atoms with Crippen molar-refractivity contribution in [2.45, 2.75) is 6.42 Å². The van der Waals surface area contributed by atoms with E-state index in [0.29, 0.717) is 31.7 Å². The van der Waals surface area contributed by atoms with Crippen molar-refractivity contribution in [3.63, 3.8) is 0 Å². The second-order valence-electron chi connectivity index (χ2n) is 5.00. The third-order valence-electron chi connectivity index (χ3n) is 3.36. The molecule has 0 atom stereocenters. The van der Waals surface area contributed by atoms with Gasteiger partial charge in [-0.3, -0.25) is 19.8 Å². The normalized spacial score (nSPS) is 15.0. The average Bonchev–Trinajstić information content (AvgIpc) is 2.55. The first kappa shape index (κ1) is 19.8. The maximum absolute atomic E-state index is 11.7. The van der Waals surface area contributed by atoms with E-state index in [1.165, 1.54) is 24.4 Å². The van der Waals surface area contributed by atoms with Gasteiger partial charge in [-0.05, 0) is 12.1 Å². The molecule has 0 radical (unpaired) electrons. The van der Waals surface area contributed by atoms with E-state index in [4.69, 9.17) is 4.74 Å². The van der Waals surface area contributed by atoms with Crippen LogP contribution in [0.5, 0.6) is 5.75 Å². The highest BCUT2D eigenvalue weighted by Crippen LogP contribution is 2.25. The molecule has 1 fully saturated rings. The van der Waals surface area contributed by atoms with Crippen molar-refractivity contribution in [1.29, 1.82) is 0 Å². The number of carbonyl (C=O) groups excluding carboxylic acids is 1. The number of amides is 1. The van der Waals surface area contributed by atoms with Crippen LogP contribution in [0.3, 0.4) is 0 Å². The minimum absolute atomic E-state index is 0. The lowest BCUT2D eigenvalue weighted by molar-refractivity contribution is -0.385. The topological polar surface area (TPSA) is 117 Å². The van der Waals surface area contributed by atoms with E-state index in [-0.39, 0.29) is 18.3 Å². The van der Waals surface area contributed by atoms with Crippen LogP contribution in [0.1, 0.15) is 12.0 Å². The van der Waals surface area contributed by atoms with Gasteiger partial charge in [0.05, 0.1) is 24.4 Å². The first-order valence-electron chi connectivity index (χ1n) is 7.15. The molecular weight excluding hydrogens is 340 g/mol. The highest BCUT2D eigenvalue weighted by Gasteiger charge is 2.13. The maximum Gasteiger partial charge on any atom is 0.311 e. The largest absolute Gasteiger partial charge is 0.502 e. The van der Waals surface area contributed by atoms with Crippen LogP contribution < -0.4 is 5.43 Å². The lowest BCUT2D eigenvalue weighted by Gasteiger charge is -2.25. The highest BCUT2D eigenvalue weighted by molar-refractivity contribution is 5.85. The molecule has 0 aromatic heterocycles. The zero-order valence-electron chi connectivity index (χ0n) is 12.9. The molecule has 10 heteroatoms. The fraction of sp³-hybridized carbons (Fsp3) is 0.429. The van der Waals surface area contributed by atoms with Gasteiger partial charge in [-0.1, -0.05) is 0 Å². The Morgan fingerprint density at radius 3 is 2.83 bits per heavy atom. The molecule has 0 saturated carbocycles. The van der Waals surface area contributed by atoms with E-state index in [1.54, 1.807) is 0 Å². The molecule has 0 aliphatic carbocycles. The van der Waals surface area contributed by atoms with Gasteiger partial charge in [0.2, 0.25) is 5.91 Å². The van der Waals surface area contributed by atoms with Gasteiger partial charge in [0.25, 0.3) is 0 Å². The summed E-state index contributed by atoms with van der Waals surface area (Å²) >= 11 is 0. The number of halogens is 1. The predicted molar refractivity (Wildman–Crippen MR) is 89.6 cm³/mol. The Labute approximate surface area is 144 Å². The molecular formula is C14H19ClN4O5. The smallest absolute Gasteiger partial charge is 0.311 e. The van der Waals surface area contributed by atoms with E-state index >= 15 is 0 Å². The minimum Gasteiger partial charge on any atom is -0.502 e. The summed E-state index contributed by atoms with van der Waals surface area (Å²) in [6.45, 7) is 3.62. The Kier molecular flexibility index (Phi) is 8.10. The number of nitro benzene ring substituents is 1. The monoisotopic (exact) mass is 358 g/mol. The number of rotatable bonds is 6. The third kappa shape index (κ3) is 6.11. The van der Waals surface area contributed by atoms with E-state index in [1.807, 2.05) is 0 Å². The molecule has 1 aromatic rings. The molecule has 132 valence electrons. The molecule has 1 aliphatic heterocycles. The predicted octanol–water partition coefficient (Wildman–Crippen LogP) is 0.895. The van der Waals surface area contributed by atoms with Crippen molar-refractivity contribution in [3.05, 3.63) is 33.9 Å². The third-order valence-corrected chi connectivity index (χ3v) is 3.36. The lowest BCUT2D eigenvalue weighted by Crippen LogP contribution is -2.38. The average molecular weight is 359 g/mol. The van der Waals surface area contributed by atoms with Crippen LogP contribution in [-0.2, 0) is 9.53 Å². The number of aromatic hydroxyl groups is 1. The number of hydrazone groups is 1. The Balaban J connectivity index is 0.00000288. The van der Waals surface area contributed by atoms with Gasteiger partial charge in [-0.2, -0.15) is 5.10 Å². The first-order valence-corrected chi connectivity index (χ1v) is 7.15. The second-order valence-corrected chi connectivity index (χ2v) is 5.00. The number of carbonyl (C=O) groups is 1. The molecule has 1 heterocycles. The fourth-order valence-corrected chi connectivity index (χ4v) is 2.09. The lowest BCUT2D eigenvalue weighted by atomic mass is 10.2. The standard InChI is InChI=1S/C14H18N4O5.ClH/c19-13-2-1-11(9-12(13)18(21)22)10-15-16-14(20)3-4-17-5-7-23-8-6-17;/h1-2,9-10,19H,3-8H2,(H,16,20);1H. The Morgan fingerprint density at radius 1 is 1.46 bits per heavy atom. The Bertz CT molecular complexity index is 605. The van der Waals surface area contributed by atoms with Gasteiger partial charge in [-0.15, -0.1) is 12.4 Å². The Hall–Kier alpha value is -2.23. The fourth-order valence-electron chi connectivity index (χ4n) is 2.09. The van der Waals surface area contributed by atoms with Crippen molar-refractivity contribution in [2.24, 2.45) is 5.10 Å². The number of hydrogen-bond acceptors (Lipinski definition) is 7. The minimum atomic E-state index is -0.687. The summed E-state index contributed by atoms with van der Waals surface area (Å²) in [4.78, 5) is 23.8. The Morgan fingerprint density at radius 2 is 2.17 bits per heavy atom. The van der Waals surface area contributed by atoms with Crippen LogP contribution in [-0.4, -0.2) is 59.9 Å². The number of phenolic OH excluding ortho intramolecular Hbond substituents is 1. The van der Waals surface area contributed by atoms with E-state index in [0.717, 1.165) is 13.1 Å². The molecule has 1 aliphatic rings. The maximum atomic E-state index is 11.7. The summed E-state index contributed by atoms with van der Waals surface area (Å²) in [5.41, 5.74) is 2.37. The summed E-state index contributed by atoms with van der Waals surface area (Å²) < 4.78 is 5.22. The van der Waals surface area contributed by atoms with Crippen molar-refractivity contribution < 1.29 is 19.6 Å². The van der Waals surface area contributed by atoms with Gasteiger partial charge in [0.15, 0.2) is 5.75 Å². The molecule has 9 nitrogen and oxygen atoms in total. The molecule has 2 N–H and O–H groups in total. The molecule has 2 rings (SSSR count). The number of phenols is 1. The van der Waals surface area contributed by atoms with Gasteiger partial charge in [-0.25, -0.2) is 5.43 Å². The van der Waals surface area contributed by atoms with E-state index in [9.17, 15) is 20.0 Å². The number of ether oxygens (including phenoxy) is 1. The van der Waals surface area contributed by atoms with Crippen LogP contribution in [0.25, 0.3) is 0 Å². The molecule has 0 unspecified atom stereocenters. The summed E-state index contributed by atoms with van der Waals surface area (Å²) in [7, 11) is 0. The van der Waals surface area contributed by atoms with Crippen molar-refractivity contribution in [2.75, 3.05) is 32.8 Å². The number of morpholine rings is 1. The second kappa shape index (κ2) is 9.81. The number of nitro groups is 1. The van der Waals surface area contributed by atoms with Crippen LogP contribution in [0, 0.1) is 10.1 Å². The number of nitrogens with zero attached hydrogens (tertiary/aromatic N) is 3. The molecule has 0 bridgehead atoms. The van der Waals surface area contributed by atoms with Crippen molar-refractivity contribution in [3.8, 4) is 5.75 Å². The quantitative estimate of drug-likeness (QED) is 0.443.